The molecule has 0 saturated carbocycles. The number of nitrogen functional groups attached to an aromatic ring is 1. The summed E-state index contributed by atoms with van der Waals surface area (Å²) in [5.41, 5.74) is 21.8. The number of fused-ring (bicyclic) bond motifs is 8. The number of hydrogen-bond donors (Lipinski definition) is 1. The van der Waals surface area contributed by atoms with Gasteiger partial charge in [-0.15, -0.1) is 0 Å². The van der Waals surface area contributed by atoms with Gasteiger partial charge in [-0.3, -0.25) is 0 Å². The molecule has 0 unspecified atom stereocenters. The van der Waals surface area contributed by atoms with Gasteiger partial charge in [-0.25, -0.2) is 0 Å². The molecule has 3 aromatic carbocycles. The van der Waals surface area contributed by atoms with Gasteiger partial charge < -0.3 is 5.73 Å². The van der Waals surface area contributed by atoms with E-state index in [1.165, 1.54) is 44.5 Å². The maximum absolute atomic E-state index is 6.78. The minimum Gasteiger partial charge on any atom is -0.398 e. The molecule has 4 aliphatic carbocycles. The van der Waals surface area contributed by atoms with Gasteiger partial charge in [-0.05, 0) is 88.3 Å². The van der Waals surface area contributed by atoms with Gasteiger partial charge in [0.05, 0.1) is 5.41 Å². The fourth-order valence-corrected chi connectivity index (χ4v) is 6.92. The third kappa shape index (κ3) is 2.43. The van der Waals surface area contributed by atoms with Crippen LogP contribution in [0, 0.1) is 0 Å². The number of hydrogen-bond acceptors (Lipinski definition) is 1. The first kappa shape index (κ1) is 18.9. The van der Waals surface area contributed by atoms with Crippen molar-refractivity contribution >= 4 is 5.69 Å². The minimum absolute atomic E-state index is 0.160. The molecule has 33 heavy (non-hydrogen) atoms. The van der Waals surface area contributed by atoms with E-state index in [9.17, 15) is 0 Å². The lowest BCUT2D eigenvalue weighted by Gasteiger charge is -2.36. The standard InChI is InChI=1S/C32H27N/c33-29-19-9-18-28-31(29)30-22(20-21-10-2-1-3-11-21)12-8-17-27(30)32(28)25-15-6-4-13-23(25)24-14-5-7-16-26(24)32/h1-5,8-14,17-19H,6-7,15-16,20,33H2. The Labute approximate surface area is 195 Å². The Bertz CT molecular complexity index is 1390. The first-order chi connectivity index (χ1) is 16.3. The smallest absolute Gasteiger partial charge is 0.0652 e. The molecule has 2 N–H and O–H groups in total. The van der Waals surface area contributed by atoms with Gasteiger partial charge in [0.15, 0.2) is 0 Å². The highest BCUT2D eigenvalue weighted by Gasteiger charge is 2.54. The molecule has 4 aliphatic rings. The summed E-state index contributed by atoms with van der Waals surface area (Å²) in [6, 6.07) is 24.4. The summed E-state index contributed by atoms with van der Waals surface area (Å²) in [6.45, 7) is 0. The largest absolute Gasteiger partial charge is 0.398 e. The Balaban J connectivity index is 1.58. The van der Waals surface area contributed by atoms with Crippen molar-refractivity contribution in [2.75, 3.05) is 5.73 Å². The van der Waals surface area contributed by atoms with Crippen molar-refractivity contribution in [2.45, 2.75) is 37.5 Å². The van der Waals surface area contributed by atoms with Crippen LogP contribution in [0.25, 0.3) is 11.1 Å². The number of nitrogens with two attached hydrogens (primary N) is 1. The monoisotopic (exact) mass is 425 g/mol. The van der Waals surface area contributed by atoms with Gasteiger partial charge in [0, 0.05) is 11.3 Å². The van der Waals surface area contributed by atoms with E-state index in [4.69, 9.17) is 5.73 Å². The van der Waals surface area contributed by atoms with Crippen molar-refractivity contribution in [1.82, 2.24) is 0 Å². The van der Waals surface area contributed by atoms with E-state index in [1.807, 2.05) is 0 Å². The summed E-state index contributed by atoms with van der Waals surface area (Å²) in [5.74, 6) is 0. The lowest BCUT2D eigenvalue weighted by molar-refractivity contribution is 0.657. The van der Waals surface area contributed by atoms with Crippen molar-refractivity contribution in [3.05, 3.63) is 136 Å². The molecule has 0 bridgehead atoms. The predicted molar refractivity (Wildman–Crippen MR) is 137 cm³/mol. The van der Waals surface area contributed by atoms with E-state index >= 15 is 0 Å². The van der Waals surface area contributed by atoms with E-state index in [0.717, 1.165) is 37.8 Å². The SMILES string of the molecule is Nc1cccc2c1-c1c(Cc3ccccc3)cccc1C21C2=C(C=CCC2)C2=C1CCC=C2. The molecule has 7 rings (SSSR count). The van der Waals surface area contributed by atoms with Crippen molar-refractivity contribution in [2.24, 2.45) is 0 Å². The van der Waals surface area contributed by atoms with Crippen molar-refractivity contribution < 1.29 is 0 Å². The third-order valence-corrected chi connectivity index (χ3v) is 8.08. The van der Waals surface area contributed by atoms with Crippen LogP contribution in [-0.4, -0.2) is 0 Å². The highest BCUT2D eigenvalue weighted by Crippen LogP contribution is 2.65. The van der Waals surface area contributed by atoms with Crippen LogP contribution in [-0.2, 0) is 11.8 Å². The van der Waals surface area contributed by atoms with Gasteiger partial charge in [-0.2, -0.15) is 0 Å². The summed E-state index contributed by atoms with van der Waals surface area (Å²) >= 11 is 0. The second-order valence-electron chi connectivity index (χ2n) is 9.69. The van der Waals surface area contributed by atoms with Gasteiger partial charge in [0.1, 0.15) is 0 Å². The molecule has 160 valence electrons. The lowest BCUT2D eigenvalue weighted by Crippen LogP contribution is -2.29. The summed E-state index contributed by atoms with van der Waals surface area (Å²) in [6.07, 6.45) is 14.9. The van der Waals surface area contributed by atoms with Gasteiger partial charge >= 0.3 is 0 Å². The topological polar surface area (TPSA) is 26.0 Å². The van der Waals surface area contributed by atoms with Crippen molar-refractivity contribution in [3.63, 3.8) is 0 Å². The highest BCUT2D eigenvalue weighted by molar-refractivity contribution is 5.96. The average molecular weight is 426 g/mol. The molecule has 3 aromatic rings. The number of rotatable bonds is 2. The van der Waals surface area contributed by atoms with E-state index < -0.39 is 0 Å². The van der Waals surface area contributed by atoms with Crippen LogP contribution in [0.15, 0.2) is 113 Å². The van der Waals surface area contributed by atoms with E-state index in [0.29, 0.717) is 0 Å². The Kier molecular flexibility index (Phi) is 3.99. The van der Waals surface area contributed by atoms with Gasteiger partial charge in [0.2, 0.25) is 0 Å². The van der Waals surface area contributed by atoms with Crippen LogP contribution >= 0.6 is 0 Å². The van der Waals surface area contributed by atoms with Crippen molar-refractivity contribution in [1.29, 1.82) is 0 Å². The van der Waals surface area contributed by atoms with Crippen LogP contribution in [0.1, 0.15) is 47.9 Å². The molecular formula is C32H27N. The molecule has 0 amide bonds. The van der Waals surface area contributed by atoms with Crippen LogP contribution in [0.5, 0.6) is 0 Å². The zero-order chi connectivity index (χ0) is 22.0. The summed E-state index contributed by atoms with van der Waals surface area (Å²) < 4.78 is 0. The molecule has 0 atom stereocenters. The molecule has 0 fully saturated rings. The highest BCUT2D eigenvalue weighted by atomic mass is 14.6. The maximum atomic E-state index is 6.78. The third-order valence-electron chi connectivity index (χ3n) is 8.08. The lowest BCUT2D eigenvalue weighted by atomic mass is 9.66. The minimum atomic E-state index is -0.160. The van der Waals surface area contributed by atoms with Crippen LogP contribution in [0.3, 0.4) is 0 Å². The quantitative estimate of drug-likeness (QED) is 0.424. The van der Waals surface area contributed by atoms with E-state index in [-0.39, 0.29) is 5.41 Å². The Morgan fingerprint density at radius 1 is 0.667 bits per heavy atom. The van der Waals surface area contributed by atoms with Crippen LogP contribution < -0.4 is 5.73 Å². The second kappa shape index (κ2) is 6.96. The van der Waals surface area contributed by atoms with Crippen LogP contribution in [0.2, 0.25) is 0 Å². The Morgan fingerprint density at radius 3 is 2.00 bits per heavy atom. The van der Waals surface area contributed by atoms with E-state index in [1.54, 1.807) is 11.1 Å². The molecule has 1 nitrogen and oxygen atoms in total. The molecule has 0 heterocycles. The Morgan fingerprint density at radius 2 is 1.30 bits per heavy atom. The first-order valence-corrected chi connectivity index (χ1v) is 12.2. The van der Waals surface area contributed by atoms with Crippen molar-refractivity contribution in [3.8, 4) is 11.1 Å². The number of anilines is 1. The Hall–Kier alpha value is -3.58. The predicted octanol–water partition coefficient (Wildman–Crippen LogP) is 7.43. The summed E-state index contributed by atoms with van der Waals surface area (Å²) in [4.78, 5) is 0. The molecule has 1 heteroatoms. The van der Waals surface area contributed by atoms with Crippen LogP contribution in [0.4, 0.5) is 5.69 Å². The zero-order valence-electron chi connectivity index (χ0n) is 18.8. The molecule has 0 radical (unpaired) electrons. The molecule has 1 spiro atoms. The first-order valence-electron chi connectivity index (χ1n) is 12.2. The van der Waals surface area contributed by atoms with Gasteiger partial charge in [0.25, 0.3) is 0 Å². The molecule has 0 aromatic heterocycles. The van der Waals surface area contributed by atoms with E-state index in [2.05, 4.69) is 91.0 Å². The second-order valence-corrected chi connectivity index (χ2v) is 9.69. The fraction of sp³-hybridized carbons (Fsp3) is 0.188. The fourth-order valence-electron chi connectivity index (χ4n) is 6.92. The number of benzene rings is 3. The number of allylic oxidation sites excluding steroid dienone is 8. The summed E-state index contributed by atoms with van der Waals surface area (Å²) in [5, 5.41) is 0. The molecular weight excluding hydrogens is 398 g/mol. The normalized spacial score (nSPS) is 19.0. The summed E-state index contributed by atoms with van der Waals surface area (Å²) in [7, 11) is 0. The average Bonchev–Trinajstić information content (AvgIpc) is 3.34. The molecule has 0 aliphatic heterocycles. The van der Waals surface area contributed by atoms with Gasteiger partial charge in [-0.1, -0.05) is 85.0 Å². The maximum Gasteiger partial charge on any atom is 0.0652 e. The zero-order valence-corrected chi connectivity index (χ0v) is 18.8. The molecule has 0 saturated heterocycles.